The number of nitrogens with zero attached hydrogens (tertiary/aromatic N) is 1. The number of halogens is 1. The molecule has 1 heterocycles. The Balaban J connectivity index is 0.00000144. The number of aromatic nitrogens is 1. The molecule has 0 fully saturated rings. The smallest absolute Gasteiger partial charge is 0.182 e. The fourth-order valence-corrected chi connectivity index (χ4v) is 1.49. The number of benzene rings is 1. The van der Waals surface area contributed by atoms with Crippen molar-refractivity contribution in [3.63, 3.8) is 0 Å². The first-order valence-corrected chi connectivity index (χ1v) is 5.48. The van der Waals surface area contributed by atoms with Gasteiger partial charge >= 0.3 is 0 Å². The second kappa shape index (κ2) is 7.27. The van der Waals surface area contributed by atoms with E-state index in [1.807, 2.05) is 42.7 Å². The van der Waals surface area contributed by atoms with E-state index in [2.05, 4.69) is 23.6 Å². The highest BCUT2D eigenvalue weighted by molar-refractivity contribution is 5.26. The van der Waals surface area contributed by atoms with Crippen molar-refractivity contribution in [2.24, 2.45) is 0 Å². The molecule has 0 spiro atoms. The maximum atomic E-state index is 5.64. The lowest BCUT2D eigenvalue weighted by atomic mass is 10.2. The van der Waals surface area contributed by atoms with E-state index in [4.69, 9.17) is 4.74 Å². The van der Waals surface area contributed by atoms with Crippen LogP contribution in [0.2, 0.25) is 0 Å². The van der Waals surface area contributed by atoms with Crippen LogP contribution in [0.4, 0.5) is 0 Å². The van der Waals surface area contributed by atoms with Gasteiger partial charge in [0.1, 0.15) is 12.4 Å². The van der Waals surface area contributed by atoms with E-state index in [9.17, 15) is 0 Å². The number of pyridine rings is 1. The van der Waals surface area contributed by atoms with Crippen LogP contribution in [0, 0.1) is 6.92 Å². The highest BCUT2D eigenvalue weighted by Gasteiger charge is 1.98. The summed E-state index contributed by atoms with van der Waals surface area (Å²) < 4.78 is 7.75. The minimum atomic E-state index is 0. The van der Waals surface area contributed by atoms with Crippen molar-refractivity contribution < 1.29 is 33.3 Å². The van der Waals surface area contributed by atoms with Gasteiger partial charge < -0.3 is 28.7 Å². The van der Waals surface area contributed by atoms with Crippen molar-refractivity contribution in [2.45, 2.75) is 13.5 Å². The molecule has 0 amide bonds. The predicted octanol–water partition coefficient (Wildman–Crippen LogP) is -0.634. The highest BCUT2D eigenvalue weighted by atomic mass is 127. The molecule has 0 bridgehead atoms. The maximum absolute atomic E-state index is 5.64. The minimum absolute atomic E-state index is 0. The normalized spacial score (nSPS) is 9.47. The van der Waals surface area contributed by atoms with Crippen molar-refractivity contribution >= 4 is 0 Å². The molecule has 2 rings (SSSR count). The first kappa shape index (κ1) is 14.0. The van der Waals surface area contributed by atoms with Gasteiger partial charge in [0.05, 0.1) is 0 Å². The molecule has 0 saturated heterocycles. The van der Waals surface area contributed by atoms with Gasteiger partial charge in [0.15, 0.2) is 18.9 Å². The lowest BCUT2D eigenvalue weighted by molar-refractivity contribution is -0.697. The molecule has 0 aliphatic carbocycles. The van der Waals surface area contributed by atoms with Crippen molar-refractivity contribution in [2.75, 3.05) is 6.61 Å². The van der Waals surface area contributed by atoms with Gasteiger partial charge in [-0.15, -0.1) is 0 Å². The standard InChI is InChI=1S/C14H16NO.HI/c1-13-5-7-14(8-6-13)16-12-11-15-9-3-2-4-10-15;/h2-10H,11-12H2,1H3;1H/q+1;/p-1. The molecule has 0 atom stereocenters. The van der Waals surface area contributed by atoms with Crippen molar-refractivity contribution in [1.29, 1.82) is 0 Å². The molecule has 0 radical (unpaired) electrons. The van der Waals surface area contributed by atoms with Crippen molar-refractivity contribution in [3.05, 3.63) is 60.4 Å². The van der Waals surface area contributed by atoms with E-state index in [0.717, 1.165) is 12.3 Å². The van der Waals surface area contributed by atoms with Gasteiger partial charge in [0.25, 0.3) is 0 Å². The second-order valence-electron chi connectivity index (χ2n) is 3.77. The average Bonchev–Trinajstić information content (AvgIpc) is 2.33. The van der Waals surface area contributed by atoms with Gasteiger partial charge in [-0.2, -0.15) is 0 Å². The number of hydrogen-bond donors (Lipinski definition) is 0. The molecule has 1 aromatic heterocycles. The Morgan fingerprint density at radius 2 is 1.65 bits per heavy atom. The van der Waals surface area contributed by atoms with E-state index in [-0.39, 0.29) is 24.0 Å². The minimum Gasteiger partial charge on any atom is -1.00 e. The van der Waals surface area contributed by atoms with Crippen molar-refractivity contribution in [1.82, 2.24) is 0 Å². The zero-order valence-corrected chi connectivity index (χ0v) is 12.0. The summed E-state index contributed by atoms with van der Waals surface area (Å²) in [5.74, 6) is 0.933. The van der Waals surface area contributed by atoms with Gasteiger partial charge in [0, 0.05) is 12.1 Å². The molecule has 2 nitrogen and oxygen atoms in total. The first-order valence-electron chi connectivity index (χ1n) is 5.48. The number of aryl methyl sites for hydroxylation is 1. The number of ether oxygens (including phenoxy) is 1. The van der Waals surface area contributed by atoms with Crippen molar-refractivity contribution in [3.8, 4) is 5.75 Å². The third kappa shape index (κ3) is 4.73. The quantitative estimate of drug-likeness (QED) is 0.533. The molecule has 17 heavy (non-hydrogen) atoms. The largest absolute Gasteiger partial charge is 1.00 e. The summed E-state index contributed by atoms with van der Waals surface area (Å²) in [5, 5.41) is 0. The molecule has 0 unspecified atom stereocenters. The summed E-state index contributed by atoms with van der Waals surface area (Å²) in [6.45, 7) is 3.63. The third-order valence-electron chi connectivity index (χ3n) is 2.42. The van der Waals surface area contributed by atoms with Crippen LogP contribution in [0.1, 0.15) is 5.56 Å². The van der Waals surface area contributed by atoms with E-state index in [1.165, 1.54) is 5.56 Å². The average molecular weight is 341 g/mol. The zero-order valence-electron chi connectivity index (χ0n) is 9.84. The molecule has 0 aliphatic heterocycles. The number of rotatable bonds is 4. The third-order valence-corrected chi connectivity index (χ3v) is 2.42. The zero-order chi connectivity index (χ0) is 11.2. The predicted molar refractivity (Wildman–Crippen MR) is 63.3 cm³/mol. The van der Waals surface area contributed by atoms with E-state index >= 15 is 0 Å². The Labute approximate surface area is 119 Å². The Morgan fingerprint density at radius 3 is 2.29 bits per heavy atom. The molecule has 3 heteroatoms. The van der Waals surface area contributed by atoms with Crippen LogP contribution in [0.5, 0.6) is 5.75 Å². The van der Waals surface area contributed by atoms with Gasteiger partial charge in [-0.05, 0) is 19.1 Å². The lowest BCUT2D eigenvalue weighted by Crippen LogP contribution is -3.00. The molecule has 0 aliphatic rings. The summed E-state index contributed by atoms with van der Waals surface area (Å²) in [5.41, 5.74) is 1.25. The van der Waals surface area contributed by atoms with E-state index < -0.39 is 0 Å². The van der Waals surface area contributed by atoms with Crippen LogP contribution in [0.25, 0.3) is 0 Å². The maximum Gasteiger partial charge on any atom is 0.182 e. The van der Waals surface area contributed by atoms with E-state index in [1.54, 1.807) is 0 Å². The molecule has 0 N–H and O–H groups in total. The van der Waals surface area contributed by atoms with Gasteiger partial charge in [0.2, 0.25) is 0 Å². The summed E-state index contributed by atoms with van der Waals surface area (Å²) in [6.07, 6.45) is 4.08. The monoisotopic (exact) mass is 341 g/mol. The Kier molecular flexibility index (Phi) is 5.97. The van der Waals surface area contributed by atoms with E-state index in [0.29, 0.717) is 6.61 Å². The highest BCUT2D eigenvalue weighted by Crippen LogP contribution is 2.10. The summed E-state index contributed by atoms with van der Waals surface area (Å²) >= 11 is 0. The fraction of sp³-hybridized carbons (Fsp3) is 0.214. The molecule has 0 saturated carbocycles. The SMILES string of the molecule is Cc1ccc(OCC[n+]2ccccc2)cc1.[I-]. The summed E-state index contributed by atoms with van der Waals surface area (Å²) in [6, 6.07) is 14.2. The van der Waals surface area contributed by atoms with Gasteiger partial charge in [-0.3, -0.25) is 0 Å². The Morgan fingerprint density at radius 1 is 1.00 bits per heavy atom. The van der Waals surface area contributed by atoms with Gasteiger partial charge in [-0.25, -0.2) is 4.57 Å². The first-order chi connectivity index (χ1) is 7.84. The molecule has 2 aromatic rings. The van der Waals surface area contributed by atoms with Crippen LogP contribution in [0.3, 0.4) is 0 Å². The van der Waals surface area contributed by atoms with Gasteiger partial charge in [-0.1, -0.05) is 23.8 Å². The lowest BCUT2D eigenvalue weighted by Gasteiger charge is -2.03. The van der Waals surface area contributed by atoms with Crippen LogP contribution in [-0.2, 0) is 6.54 Å². The molecule has 1 aromatic carbocycles. The fourth-order valence-electron chi connectivity index (χ4n) is 1.49. The van der Waals surface area contributed by atoms with Crippen LogP contribution in [0.15, 0.2) is 54.9 Å². The second-order valence-corrected chi connectivity index (χ2v) is 3.77. The molecular weight excluding hydrogens is 325 g/mol. The molecule has 90 valence electrons. The van der Waals surface area contributed by atoms with Crippen LogP contribution in [-0.4, -0.2) is 6.61 Å². The van der Waals surface area contributed by atoms with Crippen LogP contribution >= 0.6 is 0 Å². The number of hydrogen-bond acceptors (Lipinski definition) is 1. The Bertz CT molecular complexity index is 428. The Hall–Kier alpha value is -1.10. The summed E-state index contributed by atoms with van der Waals surface area (Å²) in [4.78, 5) is 0. The molecular formula is C14H16INO. The van der Waals surface area contributed by atoms with Crippen LogP contribution < -0.4 is 33.3 Å². The topological polar surface area (TPSA) is 13.1 Å². The summed E-state index contributed by atoms with van der Waals surface area (Å²) in [7, 11) is 0.